The van der Waals surface area contributed by atoms with Crippen LogP contribution < -0.4 is 4.90 Å². The van der Waals surface area contributed by atoms with Crippen LogP contribution in [0.25, 0.3) is 0 Å². The first kappa shape index (κ1) is 13.5. The van der Waals surface area contributed by atoms with E-state index in [2.05, 4.69) is 15.9 Å². The Hall–Kier alpha value is -1.46. The van der Waals surface area contributed by atoms with Crippen molar-refractivity contribution in [2.75, 3.05) is 10.7 Å². The standard InChI is InChI=1S/C15H12BrNO2S/c16-11-3-1-10(2-4-11)15-17(14(19)9-20-15)12-5-7-13(18)8-6-12/h1-8,15,18H,9H2. The Morgan fingerprint density at radius 3 is 2.40 bits per heavy atom. The van der Waals surface area contributed by atoms with Crippen LogP contribution in [0.15, 0.2) is 53.0 Å². The average molecular weight is 350 g/mol. The number of halogens is 1. The highest BCUT2D eigenvalue weighted by molar-refractivity contribution is 9.10. The second kappa shape index (κ2) is 5.50. The fourth-order valence-electron chi connectivity index (χ4n) is 2.19. The molecule has 5 heteroatoms. The normalized spacial score (nSPS) is 18.6. The van der Waals surface area contributed by atoms with Gasteiger partial charge in [-0.05, 0) is 42.0 Å². The van der Waals surface area contributed by atoms with Crippen LogP contribution in [0.2, 0.25) is 0 Å². The summed E-state index contributed by atoms with van der Waals surface area (Å²) in [5.74, 6) is 0.767. The minimum atomic E-state index is -0.0138. The van der Waals surface area contributed by atoms with Gasteiger partial charge in [-0.3, -0.25) is 9.69 Å². The molecule has 1 amide bonds. The molecule has 1 unspecified atom stereocenters. The fourth-order valence-corrected chi connectivity index (χ4v) is 3.63. The Morgan fingerprint density at radius 1 is 1.10 bits per heavy atom. The van der Waals surface area contributed by atoms with Gasteiger partial charge in [0.15, 0.2) is 0 Å². The zero-order chi connectivity index (χ0) is 14.1. The maximum atomic E-state index is 12.1. The van der Waals surface area contributed by atoms with Gasteiger partial charge in [0.05, 0.1) is 5.75 Å². The molecule has 0 radical (unpaired) electrons. The first-order valence-electron chi connectivity index (χ1n) is 6.13. The molecule has 1 saturated heterocycles. The fraction of sp³-hybridized carbons (Fsp3) is 0.133. The molecule has 102 valence electrons. The number of carbonyl (C=O) groups excluding carboxylic acids is 1. The van der Waals surface area contributed by atoms with Crippen LogP contribution in [0, 0.1) is 0 Å². The van der Waals surface area contributed by atoms with Crippen LogP contribution in [0.5, 0.6) is 5.75 Å². The third-order valence-electron chi connectivity index (χ3n) is 3.15. The molecule has 1 heterocycles. The highest BCUT2D eigenvalue weighted by atomic mass is 79.9. The zero-order valence-corrected chi connectivity index (χ0v) is 12.9. The van der Waals surface area contributed by atoms with Crippen molar-refractivity contribution < 1.29 is 9.90 Å². The smallest absolute Gasteiger partial charge is 0.238 e. The van der Waals surface area contributed by atoms with Crippen LogP contribution >= 0.6 is 27.7 Å². The van der Waals surface area contributed by atoms with E-state index in [1.807, 2.05) is 24.3 Å². The number of nitrogens with zero attached hydrogens (tertiary/aromatic N) is 1. The molecule has 2 aromatic rings. The van der Waals surface area contributed by atoms with E-state index < -0.39 is 0 Å². The monoisotopic (exact) mass is 349 g/mol. The summed E-state index contributed by atoms with van der Waals surface area (Å²) in [7, 11) is 0. The van der Waals surface area contributed by atoms with Crippen molar-refractivity contribution in [2.24, 2.45) is 0 Å². The number of thioether (sulfide) groups is 1. The van der Waals surface area contributed by atoms with Gasteiger partial charge in [-0.15, -0.1) is 11.8 Å². The Balaban J connectivity index is 1.96. The first-order valence-corrected chi connectivity index (χ1v) is 7.97. The van der Waals surface area contributed by atoms with E-state index in [1.165, 1.54) is 0 Å². The number of anilines is 1. The van der Waals surface area contributed by atoms with Crippen LogP contribution in [0.1, 0.15) is 10.9 Å². The van der Waals surface area contributed by atoms with Crippen LogP contribution in [0.4, 0.5) is 5.69 Å². The van der Waals surface area contributed by atoms with Crippen molar-refractivity contribution in [3.63, 3.8) is 0 Å². The molecule has 0 bridgehead atoms. The lowest BCUT2D eigenvalue weighted by Crippen LogP contribution is -2.27. The van der Waals surface area contributed by atoms with Crippen molar-refractivity contribution in [1.82, 2.24) is 0 Å². The van der Waals surface area contributed by atoms with E-state index in [-0.39, 0.29) is 17.0 Å². The van der Waals surface area contributed by atoms with E-state index >= 15 is 0 Å². The molecule has 1 aliphatic rings. The molecule has 20 heavy (non-hydrogen) atoms. The van der Waals surface area contributed by atoms with Gasteiger partial charge in [0, 0.05) is 10.2 Å². The SMILES string of the molecule is O=C1CSC(c2ccc(Br)cc2)N1c1ccc(O)cc1. The lowest BCUT2D eigenvalue weighted by Gasteiger charge is -2.24. The Labute approximate surface area is 129 Å². The Bertz CT molecular complexity index is 627. The summed E-state index contributed by atoms with van der Waals surface area (Å²) >= 11 is 5.03. The van der Waals surface area contributed by atoms with Gasteiger partial charge >= 0.3 is 0 Å². The summed E-state index contributed by atoms with van der Waals surface area (Å²) in [6.07, 6.45) is 0. The molecule has 1 atom stereocenters. The summed E-state index contributed by atoms with van der Waals surface area (Å²) in [5, 5.41) is 9.35. The molecular formula is C15H12BrNO2S. The predicted octanol–water partition coefficient (Wildman–Crippen LogP) is 3.93. The largest absolute Gasteiger partial charge is 0.508 e. The third-order valence-corrected chi connectivity index (χ3v) is 4.89. The second-order valence-electron chi connectivity index (χ2n) is 4.50. The van der Waals surface area contributed by atoms with Crippen LogP contribution in [-0.2, 0) is 4.79 Å². The summed E-state index contributed by atoms with van der Waals surface area (Å²) in [6.45, 7) is 0. The van der Waals surface area contributed by atoms with Crippen molar-refractivity contribution in [3.8, 4) is 5.75 Å². The molecule has 1 aliphatic heterocycles. The number of hydrogen-bond acceptors (Lipinski definition) is 3. The quantitative estimate of drug-likeness (QED) is 0.892. The summed E-state index contributed by atoms with van der Waals surface area (Å²) in [6, 6.07) is 14.7. The Morgan fingerprint density at radius 2 is 1.75 bits per heavy atom. The highest BCUT2D eigenvalue weighted by Gasteiger charge is 2.33. The van der Waals surface area contributed by atoms with Crippen molar-refractivity contribution in [2.45, 2.75) is 5.37 Å². The zero-order valence-electron chi connectivity index (χ0n) is 10.5. The van der Waals surface area contributed by atoms with E-state index in [0.717, 1.165) is 15.7 Å². The second-order valence-corrected chi connectivity index (χ2v) is 6.48. The molecular weight excluding hydrogens is 338 g/mol. The van der Waals surface area contributed by atoms with Crippen LogP contribution in [-0.4, -0.2) is 16.8 Å². The minimum Gasteiger partial charge on any atom is -0.508 e. The van der Waals surface area contributed by atoms with Gasteiger partial charge in [-0.1, -0.05) is 28.1 Å². The molecule has 0 aliphatic carbocycles. The molecule has 1 N–H and O–H groups in total. The number of aromatic hydroxyl groups is 1. The van der Waals surface area contributed by atoms with Crippen molar-refractivity contribution in [3.05, 3.63) is 58.6 Å². The number of carbonyl (C=O) groups is 1. The molecule has 0 saturated carbocycles. The maximum absolute atomic E-state index is 12.1. The summed E-state index contributed by atoms with van der Waals surface area (Å²) in [5.41, 5.74) is 1.91. The third kappa shape index (κ3) is 2.55. The van der Waals surface area contributed by atoms with Crippen molar-refractivity contribution in [1.29, 1.82) is 0 Å². The Kier molecular flexibility index (Phi) is 3.72. The van der Waals surface area contributed by atoms with E-state index in [1.54, 1.807) is 40.9 Å². The summed E-state index contributed by atoms with van der Waals surface area (Å²) < 4.78 is 1.02. The van der Waals surface area contributed by atoms with Gasteiger partial charge in [0.2, 0.25) is 5.91 Å². The average Bonchev–Trinajstić information content (AvgIpc) is 2.83. The number of phenols is 1. The van der Waals surface area contributed by atoms with Crippen LogP contribution in [0.3, 0.4) is 0 Å². The number of phenolic OH excluding ortho intramolecular Hbond substituents is 1. The predicted molar refractivity (Wildman–Crippen MR) is 84.9 cm³/mol. The topological polar surface area (TPSA) is 40.5 Å². The molecule has 1 fully saturated rings. The first-order chi connectivity index (χ1) is 9.65. The van der Waals surface area contributed by atoms with Crippen molar-refractivity contribution >= 4 is 39.3 Å². The lowest BCUT2D eigenvalue weighted by atomic mass is 10.2. The van der Waals surface area contributed by atoms with E-state index in [0.29, 0.717) is 5.75 Å². The highest BCUT2D eigenvalue weighted by Crippen LogP contribution is 2.42. The lowest BCUT2D eigenvalue weighted by molar-refractivity contribution is -0.115. The van der Waals surface area contributed by atoms with E-state index in [9.17, 15) is 9.90 Å². The molecule has 2 aromatic carbocycles. The van der Waals surface area contributed by atoms with Gasteiger partial charge < -0.3 is 5.11 Å². The van der Waals surface area contributed by atoms with Gasteiger partial charge in [0.25, 0.3) is 0 Å². The number of rotatable bonds is 2. The molecule has 0 spiro atoms. The molecule has 3 rings (SSSR count). The number of amides is 1. The maximum Gasteiger partial charge on any atom is 0.238 e. The number of benzene rings is 2. The van der Waals surface area contributed by atoms with Gasteiger partial charge in [-0.25, -0.2) is 0 Å². The summed E-state index contributed by atoms with van der Waals surface area (Å²) in [4.78, 5) is 13.9. The minimum absolute atomic E-state index is 0.0138. The van der Waals surface area contributed by atoms with Gasteiger partial charge in [0.1, 0.15) is 11.1 Å². The molecule has 0 aromatic heterocycles. The number of hydrogen-bond donors (Lipinski definition) is 1. The van der Waals surface area contributed by atoms with Gasteiger partial charge in [-0.2, -0.15) is 0 Å². The molecule has 3 nitrogen and oxygen atoms in total. The van der Waals surface area contributed by atoms with E-state index in [4.69, 9.17) is 0 Å².